The molecule has 4 rings (SSSR count). The van der Waals surface area contributed by atoms with E-state index in [0.717, 1.165) is 21.2 Å². The second-order valence-corrected chi connectivity index (χ2v) is 9.85. The molecule has 0 saturated carbocycles. The van der Waals surface area contributed by atoms with Crippen LogP contribution in [0.1, 0.15) is 29.2 Å². The minimum atomic E-state index is -3.70. The monoisotopic (exact) mass is 468 g/mol. The first kappa shape index (κ1) is 19.9. The summed E-state index contributed by atoms with van der Waals surface area (Å²) in [5.41, 5.74) is 2.89. The van der Waals surface area contributed by atoms with Crippen LogP contribution in [-0.2, 0) is 10.0 Å². The first-order chi connectivity index (χ1) is 13.9. The molecule has 0 radical (unpaired) electrons. The van der Waals surface area contributed by atoms with E-state index in [9.17, 15) is 8.42 Å². The Bertz CT molecular complexity index is 1140. The van der Waals surface area contributed by atoms with Gasteiger partial charge in [-0.2, -0.15) is 0 Å². The van der Waals surface area contributed by atoms with Gasteiger partial charge < -0.3 is 0 Å². The van der Waals surface area contributed by atoms with Gasteiger partial charge in [-0.1, -0.05) is 76.1 Å². The molecule has 0 amide bonds. The summed E-state index contributed by atoms with van der Waals surface area (Å²) >= 11 is 3.51. The molecule has 6 heteroatoms. The lowest BCUT2D eigenvalue weighted by Crippen LogP contribution is -2.41. The summed E-state index contributed by atoms with van der Waals surface area (Å²) in [7, 11) is -3.70. The van der Waals surface area contributed by atoms with E-state index >= 15 is 0 Å². The lowest BCUT2D eigenvalue weighted by molar-refractivity contribution is 0.466. The van der Waals surface area contributed by atoms with Gasteiger partial charge in [-0.15, -0.1) is 0 Å². The van der Waals surface area contributed by atoms with Crippen molar-refractivity contribution < 1.29 is 8.42 Å². The quantitative estimate of drug-likeness (QED) is 0.518. The van der Waals surface area contributed by atoms with Gasteiger partial charge in [0.05, 0.1) is 10.9 Å². The molecule has 0 aromatic heterocycles. The van der Waals surface area contributed by atoms with Gasteiger partial charge in [-0.05, 0) is 43.2 Å². The van der Waals surface area contributed by atoms with E-state index in [-0.39, 0.29) is 10.9 Å². The Balaban J connectivity index is 1.80. The van der Waals surface area contributed by atoms with E-state index in [1.807, 2.05) is 73.7 Å². The molecule has 29 heavy (non-hydrogen) atoms. The second kappa shape index (κ2) is 8.13. The van der Waals surface area contributed by atoms with Crippen LogP contribution in [0.25, 0.3) is 0 Å². The fourth-order valence-corrected chi connectivity index (χ4v) is 5.33. The summed E-state index contributed by atoms with van der Waals surface area (Å²) in [4.78, 5) is 5.18. The van der Waals surface area contributed by atoms with Crippen LogP contribution in [0.4, 0.5) is 0 Å². The van der Waals surface area contributed by atoms with Crippen molar-refractivity contribution in [2.24, 2.45) is 4.99 Å². The van der Waals surface area contributed by atoms with Crippen molar-refractivity contribution in [1.82, 2.24) is 4.31 Å². The summed E-state index contributed by atoms with van der Waals surface area (Å²) in [5.74, 6) is 0.488. The molecule has 1 atom stereocenters. The van der Waals surface area contributed by atoms with E-state index in [0.29, 0.717) is 18.8 Å². The summed E-state index contributed by atoms with van der Waals surface area (Å²) in [6, 6.07) is 24.4. The number of amidine groups is 1. The van der Waals surface area contributed by atoms with Crippen LogP contribution in [0.3, 0.4) is 0 Å². The maximum Gasteiger partial charge on any atom is 0.265 e. The van der Waals surface area contributed by atoms with Gasteiger partial charge >= 0.3 is 0 Å². The number of aliphatic imine (C=N–C) groups is 1. The highest BCUT2D eigenvalue weighted by Crippen LogP contribution is 2.32. The number of rotatable bonds is 4. The van der Waals surface area contributed by atoms with Crippen molar-refractivity contribution in [3.63, 3.8) is 0 Å². The van der Waals surface area contributed by atoms with Gasteiger partial charge in [0.2, 0.25) is 0 Å². The Hall–Kier alpha value is -2.44. The van der Waals surface area contributed by atoms with E-state index < -0.39 is 10.0 Å². The van der Waals surface area contributed by atoms with E-state index in [4.69, 9.17) is 4.99 Å². The molecule has 0 fully saturated rings. The van der Waals surface area contributed by atoms with Gasteiger partial charge in [0, 0.05) is 16.6 Å². The van der Waals surface area contributed by atoms with E-state index in [1.54, 1.807) is 12.1 Å². The molecule has 1 unspecified atom stereocenters. The summed E-state index contributed by atoms with van der Waals surface area (Å²) in [5, 5.41) is 0. The Kier molecular flexibility index (Phi) is 5.56. The van der Waals surface area contributed by atoms with Gasteiger partial charge in [-0.3, -0.25) is 4.99 Å². The van der Waals surface area contributed by atoms with Crippen molar-refractivity contribution in [3.05, 3.63) is 100 Å². The highest BCUT2D eigenvalue weighted by atomic mass is 79.9. The number of nitrogens with zero attached hydrogens (tertiary/aromatic N) is 2. The Morgan fingerprint density at radius 1 is 0.966 bits per heavy atom. The minimum Gasteiger partial charge on any atom is -0.259 e. The number of sulfonamides is 1. The van der Waals surface area contributed by atoms with Crippen LogP contribution in [0.5, 0.6) is 0 Å². The van der Waals surface area contributed by atoms with Gasteiger partial charge in [0.1, 0.15) is 5.84 Å². The molecule has 0 spiro atoms. The van der Waals surface area contributed by atoms with E-state index in [2.05, 4.69) is 15.9 Å². The maximum atomic E-state index is 13.4. The SMILES string of the molecule is Cc1ccc(S(=O)(=O)N2CCC(c3cccc(Br)c3)N=C2c2ccccc2)cc1. The van der Waals surface area contributed by atoms with Crippen LogP contribution in [0.2, 0.25) is 0 Å². The van der Waals surface area contributed by atoms with Crippen molar-refractivity contribution >= 4 is 31.8 Å². The summed E-state index contributed by atoms with van der Waals surface area (Å²) < 4.78 is 29.3. The van der Waals surface area contributed by atoms with Crippen molar-refractivity contribution in [2.75, 3.05) is 6.54 Å². The number of benzene rings is 3. The molecule has 0 N–H and O–H groups in total. The highest BCUT2D eigenvalue weighted by Gasteiger charge is 2.33. The number of aryl methyl sites for hydroxylation is 1. The summed E-state index contributed by atoms with van der Waals surface area (Å²) in [6.07, 6.45) is 0.623. The average molecular weight is 469 g/mol. The molecule has 148 valence electrons. The first-order valence-corrected chi connectivity index (χ1v) is 11.7. The molecule has 3 aromatic carbocycles. The zero-order valence-electron chi connectivity index (χ0n) is 16.0. The average Bonchev–Trinajstić information content (AvgIpc) is 2.74. The molecule has 3 aromatic rings. The third-order valence-corrected chi connectivity index (χ3v) is 7.29. The molecular formula is C23H21BrN2O2S. The lowest BCUT2D eigenvalue weighted by Gasteiger charge is -2.32. The molecule has 0 saturated heterocycles. The molecule has 1 aliphatic rings. The molecule has 1 aliphatic heterocycles. The predicted octanol–water partition coefficient (Wildman–Crippen LogP) is 5.34. The van der Waals surface area contributed by atoms with Crippen LogP contribution >= 0.6 is 15.9 Å². The lowest BCUT2D eigenvalue weighted by atomic mass is 10.0. The number of hydrogen-bond acceptors (Lipinski definition) is 3. The van der Waals surface area contributed by atoms with Crippen molar-refractivity contribution in [2.45, 2.75) is 24.3 Å². The van der Waals surface area contributed by atoms with Crippen molar-refractivity contribution in [3.8, 4) is 0 Å². The molecule has 4 nitrogen and oxygen atoms in total. The fraction of sp³-hybridized carbons (Fsp3) is 0.174. The van der Waals surface area contributed by atoms with Crippen LogP contribution in [0.15, 0.2) is 93.2 Å². The normalized spacial score (nSPS) is 17.1. The van der Waals surface area contributed by atoms with Crippen LogP contribution in [-0.4, -0.2) is 25.1 Å². The van der Waals surface area contributed by atoms with Crippen molar-refractivity contribution in [1.29, 1.82) is 0 Å². The standard InChI is InChI=1S/C23H21BrN2O2S/c1-17-10-12-21(13-11-17)29(27,28)26-15-14-22(19-8-5-9-20(24)16-19)25-23(26)18-6-3-2-4-7-18/h2-13,16,22H,14-15H2,1H3. The predicted molar refractivity (Wildman–Crippen MR) is 120 cm³/mol. The molecule has 0 aliphatic carbocycles. The fourth-order valence-electron chi connectivity index (χ4n) is 3.45. The summed E-state index contributed by atoms with van der Waals surface area (Å²) in [6.45, 7) is 2.32. The largest absolute Gasteiger partial charge is 0.265 e. The van der Waals surface area contributed by atoms with Gasteiger partial charge in [-0.25, -0.2) is 12.7 Å². The Labute approximate surface area is 180 Å². The number of hydrogen-bond donors (Lipinski definition) is 0. The van der Waals surface area contributed by atoms with Crippen LogP contribution in [0, 0.1) is 6.92 Å². The topological polar surface area (TPSA) is 49.7 Å². The van der Waals surface area contributed by atoms with Gasteiger partial charge in [0.15, 0.2) is 0 Å². The van der Waals surface area contributed by atoms with Crippen LogP contribution < -0.4 is 0 Å². The minimum absolute atomic E-state index is 0.0906. The first-order valence-electron chi connectivity index (χ1n) is 9.43. The Morgan fingerprint density at radius 2 is 1.69 bits per heavy atom. The number of halogens is 1. The second-order valence-electron chi connectivity index (χ2n) is 7.07. The third-order valence-electron chi connectivity index (χ3n) is 4.99. The zero-order chi connectivity index (χ0) is 20.4. The molecular weight excluding hydrogens is 448 g/mol. The Morgan fingerprint density at radius 3 is 2.38 bits per heavy atom. The van der Waals surface area contributed by atoms with Gasteiger partial charge in [0.25, 0.3) is 10.0 Å². The van der Waals surface area contributed by atoms with E-state index in [1.165, 1.54) is 4.31 Å². The zero-order valence-corrected chi connectivity index (χ0v) is 18.4. The maximum absolute atomic E-state index is 13.4. The smallest absolute Gasteiger partial charge is 0.259 e. The molecule has 1 heterocycles. The highest BCUT2D eigenvalue weighted by molar-refractivity contribution is 9.10. The molecule has 0 bridgehead atoms. The third kappa shape index (κ3) is 4.14.